The van der Waals surface area contributed by atoms with Gasteiger partial charge in [0.1, 0.15) is 11.5 Å². The van der Waals surface area contributed by atoms with Crippen molar-refractivity contribution in [2.24, 2.45) is 0 Å². The van der Waals surface area contributed by atoms with E-state index in [-0.39, 0.29) is 12.5 Å². The number of carbonyl (C=O) groups excluding carboxylic acids is 1. The molecular formula is C21H20N2O3S. The Kier molecular flexibility index (Phi) is 5.07. The molecule has 0 spiro atoms. The summed E-state index contributed by atoms with van der Waals surface area (Å²) in [6, 6.07) is 13.8. The zero-order chi connectivity index (χ0) is 18.6. The molecule has 0 unspecified atom stereocenters. The zero-order valence-electron chi connectivity index (χ0n) is 15.0. The Hall–Kier alpha value is -2.86. The molecule has 0 bridgehead atoms. The number of carbonyl (C=O) groups is 1. The maximum atomic E-state index is 12.2. The van der Waals surface area contributed by atoms with E-state index in [1.54, 1.807) is 0 Å². The number of hydrogen-bond acceptors (Lipinski definition) is 5. The Bertz CT molecular complexity index is 950. The molecule has 2 aromatic carbocycles. The van der Waals surface area contributed by atoms with Crippen LogP contribution < -0.4 is 14.8 Å². The molecular weight excluding hydrogens is 360 g/mol. The molecule has 0 saturated heterocycles. The van der Waals surface area contributed by atoms with Crippen molar-refractivity contribution in [2.45, 2.75) is 19.8 Å². The number of ether oxygens (including phenoxy) is 2. The third-order valence-electron chi connectivity index (χ3n) is 4.38. The largest absolute Gasteiger partial charge is 0.493 e. The SMILES string of the molecule is Cc1ccc(-c2csc(NC(=O)COc3cccc4c3CCCO4)n2)cc1. The monoisotopic (exact) mass is 380 g/mol. The van der Waals surface area contributed by atoms with Crippen LogP contribution in [0.25, 0.3) is 11.3 Å². The topological polar surface area (TPSA) is 60.5 Å². The number of nitrogens with zero attached hydrogens (tertiary/aromatic N) is 1. The van der Waals surface area contributed by atoms with Gasteiger partial charge in [-0.15, -0.1) is 11.3 Å². The van der Waals surface area contributed by atoms with E-state index in [1.807, 2.05) is 54.8 Å². The van der Waals surface area contributed by atoms with Crippen LogP contribution in [0.15, 0.2) is 47.8 Å². The smallest absolute Gasteiger partial charge is 0.264 e. The quantitative estimate of drug-likeness (QED) is 0.710. The fourth-order valence-corrected chi connectivity index (χ4v) is 3.72. The molecule has 0 saturated carbocycles. The van der Waals surface area contributed by atoms with Gasteiger partial charge in [0.25, 0.3) is 5.91 Å². The molecule has 27 heavy (non-hydrogen) atoms. The number of nitrogens with one attached hydrogen (secondary N) is 1. The van der Waals surface area contributed by atoms with E-state index in [0.717, 1.165) is 42.0 Å². The Morgan fingerprint density at radius 1 is 1.26 bits per heavy atom. The third kappa shape index (κ3) is 4.11. The lowest BCUT2D eigenvalue weighted by atomic mass is 10.1. The first kappa shape index (κ1) is 17.5. The standard InChI is InChI=1S/C21H20N2O3S/c1-14-7-9-15(10-8-14)17-13-27-21(22-17)23-20(24)12-26-19-6-2-5-18-16(19)4-3-11-25-18/h2,5-10,13H,3-4,11-12H2,1H3,(H,22,23,24). The summed E-state index contributed by atoms with van der Waals surface area (Å²) in [5.41, 5.74) is 4.12. The average Bonchev–Trinajstić information content (AvgIpc) is 3.15. The number of aryl methyl sites for hydroxylation is 1. The minimum Gasteiger partial charge on any atom is -0.493 e. The fraction of sp³-hybridized carbons (Fsp3) is 0.238. The predicted octanol–water partition coefficient (Wildman–Crippen LogP) is 4.46. The first-order valence-electron chi connectivity index (χ1n) is 8.89. The predicted molar refractivity (Wildman–Crippen MR) is 107 cm³/mol. The van der Waals surface area contributed by atoms with E-state index in [0.29, 0.717) is 10.9 Å². The minimum atomic E-state index is -0.228. The van der Waals surface area contributed by atoms with Crippen LogP contribution in [0.1, 0.15) is 17.5 Å². The molecule has 0 atom stereocenters. The molecule has 1 amide bonds. The number of benzene rings is 2. The molecule has 0 aliphatic carbocycles. The van der Waals surface area contributed by atoms with Gasteiger partial charge in [-0.3, -0.25) is 10.1 Å². The molecule has 3 aromatic rings. The maximum Gasteiger partial charge on any atom is 0.264 e. The molecule has 1 aromatic heterocycles. The number of amides is 1. The van der Waals surface area contributed by atoms with Crippen molar-refractivity contribution in [1.29, 1.82) is 0 Å². The number of fused-ring (bicyclic) bond motifs is 1. The van der Waals surface area contributed by atoms with Crippen LogP contribution in [0.3, 0.4) is 0 Å². The summed E-state index contributed by atoms with van der Waals surface area (Å²) in [5.74, 6) is 1.33. The number of rotatable bonds is 5. The second-order valence-corrected chi connectivity index (χ2v) is 7.28. The van der Waals surface area contributed by atoms with Crippen LogP contribution in [0, 0.1) is 6.92 Å². The lowest BCUT2D eigenvalue weighted by Crippen LogP contribution is -2.21. The van der Waals surface area contributed by atoms with Crippen LogP contribution in [-0.2, 0) is 11.2 Å². The summed E-state index contributed by atoms with van der Waals surface area (Å²) >= 11 is 1.40. The van der Waals surface area contributed by atoms with Crippen molar-refractivity contribution in [3.8, 4) is 22.8 Å². The first-order valence-corrected chi connectivity index (χ1v) is 9.77. The van der Waals surface area contributed by atoms with Crippen LogP contribution in [0.2, 0.25) is 0 Å². The van der Waals surface area contributed by atoms with Crippen molar-refractivity contribution in [3.63, 3.8) is 0 Å². The molecule has 0 fully saturated rings. The Balaban J connectivity index is 1.37. The van der Waals surface area contributed by atoms with Gasteiger partial charge in [-0.1, -0.05) is 35.9 Å². The molecule has 0 radical (unpaired) electrons. The van der Waals surface area contributed by atoms with Crippen LogP contribution >= 0.6 is 11.3 Å². The molecule has 5 nitrogen and oxygen atoms in total. The highest BCUT2D eigenvalue weighted by atomic mass is 32.1. The van der Waals surface area contributed by atoms with Crippen LogP contribution in [0.4, 0.5) is 5.13 Å². The van der Waals surface area contributed by atoms with Gasteiger partial charge in [0.2, 0.25) is 0 Å². The Morgan fingerprint density at radius 2 is 2.11 bits per heavy atom. The van der Waals surface area contributed by atoms with Crippen LogP contribution in [-0.4, -0.2) is 24.1 Å². The summed E-state index contributed by atoms with van der Waals surface area (Å²) in [5, 5.41) is 5.31. The van der Waals surface area contributed by atoms with Crippen LogP contribution in [0.5, 0.6) is 11.5 Å². The zero-order valence-corrected chi connectivity index (χ0v) is 15.8. The third-order valence-corrected chi connectivity index (χ3v) is 5.13. The number of aromatic nitrogens is 1. The highest BCUT2D eigenvalue weighted by Gasteiger charge is 2.16. The van der Waals surface area contributed by atoms with E-state index in [9.17, 15) is 4.79 Å². The lowest BCUT2D eigenvalue weighted by Gasteiger charge is -2.19. The second-order valence-electron chi connectivity index (χ2n) is 6.43. The van der Waals surface area contributed by atoms with Gasteiger partial charge in [0.05, 0.1) is 12.3 Å². The van der Waals surface area contributed by atoms with Crippen molar-refractivity contribution in [2.75, 3.05) is 18.5 Å². The highest BCUT2D eigenvalue weighted by Crippen LogP contribution is 2.32. The summed E-state index contributed by atoms with van der Waals surface area (Å²) in [4.78, 5) is 16.7. The van der Waals surface area contributed by atoms with Gasteiger partial charge in [-0.2, -0.15) is 0 Å². The Morgan fingerprint density at radius 3 is 2.96 bits per heavy atom. The number of anilines is 1. The van der Waals surface area contributed by atoms with Gasteiger partial charge in [0.15, 0.2) is 11.7 Å². The number of thiazole rings is 1. The molecule has 6 heteroatoms. The summed E-state index contributed by atoms with van der Waals surface area (Å²) in [7, 11) is 0. The Labute approximate surface area is 162 Å². The normalized spacial score (nSPS) is 12.8. The summed E-state index contributed by atoms with van der Waals surface area (Å²) in [6.45, 7) is 2.71. The van der Waals surface area contributed by atoms with Gasteiger partial charge < -0.3 is 9.47 Å². The first-order chi connectivity index (χ1) is 13.2. The molecule has 2 heterocycles. The van der Waals surface area contributed by atoms with E-state index >= 15 is 0 Å². The van der Waals surface area contributed by atoms with Gasteiger partial charge in [-0.25, -0.2) is 4.98 Å². The summed E-state index contributed by atoms with van der Waals surface area (Å²) in [6.07, 6.45) is 1.86. The average molecular weight is 380 g/mol. The fourth-order valence-electron chi connectivity index (χ4n) is 2.98. The second kappa shape index (κ2) is 7.80. The van der Waals surface area contributed by atoms with E-state index in [4.69, 9.17) is 9.47 Å². The minimum absolute atomic E-state index is 0.0596. The molecule has 1 aliphatic rings. The summed E-state index contributed by atoms with van der Waals surface area (Å²) < 4.78 is 11.4. The molecule has 1 aliphatic heterocycles. The number of hydrogen-bond donors (Lipinski definition) is 1. The van der Waals surface area contributed by atoms with Crippen molar-refractivity contribution >= 4 is 22.4 Å². The van der Waals surface area contributed by atoms with E-state index in [1.165, 1.54) is 16.9 Å². The molecule has 4 rings (SSSR count). The van der Waals surface area contributed by atoms with E-state index in [2.05, 4.69) is 10.3 Å². The van der Waals surface area contributed by atoms with Crippen molar-refractivity contribution in [3.05, 3.63) is 59.0 Å². The maximum absolute atomic E-state index is 12.2. The van der Waals surface area contributed by atoms with E-state index < -0.39 is 0 Å². The van der Waals surface area contributed by atoms with Crippen molar-refractivity contribution in [1.82, 2.24) is 4.98 Å². The molecule has 138 valence electrons. The van der Waals surface area contributed by atoms with Crippen molar-refractivity contribution < 1.29 is 14.3 Å². The molecule has 1 N–H and O–H groups in total. The van der Waals surface area contributed by atoms with Gasteiger partial charge >= 0.3 is 0 Å². The van der Waals surface area contributed by atoms with Gasteiger partial charge in [-0.05, 0) is 31.9 Å². The highest BCUT2D eigenvalue weighted by molar-refractivity contribution is 7.14. The lowest BCUT2D eigenvalue weighted by molar-refractivity contribution is -0.118. The van der Waals surface area contributed by atoms with Gasteiger partial charge in [0, 0.05) is 16.5 Å².